The van der Waals surface area contributed by atoms with Crippen molar-refractivity contribution in [2.45, 2.75) is 23.3 Å². The molecule has 0 spiro atoms. The maximum absolute atomic E-state index is 12.6. The highest BCUT2D eigenvalue weighted by atomic mass is 32.2. The molecule has 2 rings (SSSR count). The molecule has 2 aromatic rings. The highest BCUT2D eigenvalue weighted by Gasteiger charge is 2.22. The van der Waals surface area contributed by atoms with Crippen molar-refractivity contribution >= 4 is 19.9 Å². The molecule has 0 radical (unpaired) electrons. The molecule has 7 heteroatoms. The number of nitrogens with zero attached hydrogens (tertiary/aromatic N) is 1. The van der Waals surface area contributed by atoms with E-state index in [0.717, 1.165) is 17.4 Å². The second kappa shape index (κ2) is 6.43. The van der Waals surface area contributed by atoms with Crippen LogP contribution in [0.4, 0.5) is 0 Å². The van der Waals surface area contributed by atoms with Crippen LogP contribution in [0.15, 0.2) is 58.3 Å². The van der Waals surface area contributed by atoms with Crippen molar-refractivity contribution < 1.29 is 16.8 Å². The molecule has 0 bridgehead atoms. The van der Waals surface area contributed by atoms with Crippen molar-refractivity contribution in [3.63, 3.8) is 0 Å². The first-order valence-corrected chi connectivity index (χ1v) is 10.3. The van der Waals surface area contributed by atoms with Crippen molar-refractivity contribution in [2.75, 3.05) is 13.3 Å². The summed E-state index contributed by atoms with van der Waals surface area (Å²) in [7, 11) is -5.52. The fourth-order valence-electron chi connectivity index (χ4n) is 2.15. The van der Waals surface area contributed by atoms with Gasteiger partial charge in [0, 0.05) is 19.8 Å². The maximum Gasteiger partial charge on any atom is 0.243 e. The van der Waals surface area contributed by atoms with Crippen molar-refractivity contribution in [3.8, 4) is 0 Å². The largest absolute Gasteiger partial charge is 0.243 e. The molecule has 0 aromatic heterocycles. The monoisotopic (exact) mass is 353 g/mol. The second-order valence-corrected chi connectivity index (χ2v) is 9.49. The van der Waals surface area contributed by atoms with Gasteiger partial charge in [0.05, 0.1) is 9.79 Å². The van der Waals surface area contributed by atoms with E-state index in [-0.39, 0.29) is 16.3 Å². The summed E-state index contributed by atoms with van der Waals surface area (Å²) in [6.45, 7) is 2.18. The van der Waals surface area contributed by atoms with Gasteiger partial charge in [-0.25, -0.2) is 16.8 Å². The van der Waals surface area contributed by atoms with E-state index in [4.69, 9.17) is 0 Å². The van der Waals surface area contributed by atoms with E-state index >= 15 is 0 Å². The Morgan fingerprint density at radius 2 is 1.39 bits per heavy atom. The number of rotatable bonds is 5. The van der Waals surface area contributed by atoms with Gasteiger partial charge < -0.3 is 0 Å². The number of hydrogen-bond donors (Lipinski definition) is 0. The van der Waals surface area contributed by atoms with Crippen molar-refractivity contribution in [2.24, 2.45) is 0 Å². The van der Waals surface area contributed by atoms with Crippen molar-refractivity contribution in [1.82, 2.24) is 4.31 Å². The molecule has 0 aliphatic rings. The second-order valence-electron chi connectivity index (χ2n) is 5.43. The number of sulfonamides is 1. The Labute approximate surface area is 137 Å². The third-order valence-corrected chi connectivity index (χ3v) is 6.56. The minimum Gasteiger partial charge on any atom is -0.224 e. The van der Waals surface area contributed by atoms with Crippen LogP contribution >= 0.6 is 0 Å². The van der Waals surface area contributed by atoms with E-state index in [1.807, 2.05) is 31.2 Å². The predicted molar refractivity (Wildman–Crippen MR) is 89.4 cm³/mol. The zero-order valence-corrected chi connectivity index (χ0v) is 14.9. The lowest BCUT2D eigenvalue weighted by Crippen LogP contribution is -2.26. The van der Waals surface area contributed by atoms with Crippen LogP contribution in [0.3, 0.4) is 0 Å². The smallest absolute Gasteiger partial charge is 0.224 e. The summed E-state index contributed by atoms with van der Waals surface area (Å²) >= 11 is 0. The van der Waals surface area contributed by atoms with E-state index in [1.54, 1.807) is 0 Å². The molecular formula is C16H19NO4S2. The summed E-state index contributed by atoms with van der Waals surface area (Å²) in [5, 5.41) is 0. The van der Waals surface area contributed by atoms with E-state index in [2.05, 4.69) is 0 Å². The zero-order valence-electron chi connectivity index (χ0n) is 13.2. The van der Waals surface area contributed by atoms with Gasteiger partial charge in [0.15, 0.2) is 9.84 Å². The van der Waals surface area contributed by atoms with E-state index in [9.17, 15) is 16.8 Å². The minimum absolute atomic E-state index is 0.0704. The lowest BCUT2D eigenvalue weighted by Gasteiger charge is -2.18. The van der Waals surface area contributed by atoms with Gasteiger partial charge >= 0.3 is 0 Å². The molecule has 0 aliphatic carbocycles. The van der Waals surface area contributed by atoms with Crippen LogP contribution in [0.2, 0.25) is 0 Å². The van der Waals surface area contributed by atoms with E-state index in [0.29, 0.717) is 0 Å². The summed E-state index contributed by atoms with van der Waals surface area (Å²) in [6, 6.07) is 12.8. The normalized spacial score (nSPS) is 12.5. The molecular weight excluding hydrogens is 334 g/mol. The van der Waals surface area contributed by atoms with Gasteiger partial charge in [0.2, 0.25) is 10.0 Å². The minimum atomic E-state index is -3.68. The maximum atomic E-state index is 12.6. The third-order valence-electron chi connectivity index (χ3n) is 3.61. The molecule has 0 amide bonds. The van der Waals surface area contributed by atoms with Gasteiger partial charge in [-0.2, -0.15) is 4.31 Å². The summed E-state index contributed by atoms with van der Waals surface area (Å²) in [4.78, 5) is 0.166. The quantitative estimate of drug-likeness (QED) is 0.826. The first-order valence-electron chi connectivity index (χ1n) is 6.93. The van der Waals surface area contributed by atoms with Gasteiger partial charge in [0.1, 0.15) is 0 Å². The van der Waals surface area contributed by atoms with Gasteiger partial charge in [-0.1, -0.05) is 24.3 Å². The number of hydrogen-bond acceptors (Lipinski definition) is 4. The fourth-order valence-corrected chi connectivity index (χ4v) is 3.93. The Morgan fingerprint density at radius 1 is 0.870 bits per heavy atom. The summed E-state index contributed by atoms with van der Waals surface area (Å²) in [5.41, 5.74) is 1.94. The van der Waals surface area contributed by atoms with Crippen molar-refractivity contribution in [1.29, 1.82) is 0 Å². The molecule has 0 aliphatic heterocycles. The number of benzene rings is 2. The predicted octanol–water partition coefficient (Wildman–Crippen LogP) is 2.22. The highest BCUT2D eigenvalue weighted by molar-refractivity contribution is 7.90. The molecule has 0 N–H and O–H groups in total. The molecule has 0 saturated carbocycles. The average Bonchev–Trinajstić information content (AvgIpc) is 2.48. The fraction of sp³-hybridized carbons (Fsp3) is 0.250. The lowest BCUT2D eigenvalue weighted by molar-refractivity contribution is 0.466. The highest BCUT2D eigenvalue weighted by Crippen LogP contribution is 2.20. The Balaban J connectivity index is 2.29. The van der Waals surface area contributed by atoms with E-state index < -0.39 is 19.9 Å². The van der Waals surface area contributed by atoms with Crippen LogP contribution in [-0.2, 0) is 26.4 Å². The average molecular weight is 353 g/mol. The first kappa shape index (κ1) is 17.7. The molecule has 0 unspecified atom stereocenters. The molecule has 124 valence electrons. The van der Waals surface area contributed by atoms with Crippen LogP contribution in [0.5, 0.6) is 0 Å². The molecule has 0 heterocycles. The van der Waals surface area contributed by atoms with Gasteiger partial charge in [-0.05, 0) is 42.3 Å². The number of aryl methyl sites for hydroxylation is 1. The van der Waals surface area contributed by atoms with Crippen LogP contribution in [0.1, 0.15) is 11.1 Å². The zero-order chi connectivity index (χ0) is 17.3. The summed E-state index contributed by atoms with van der Waals surface area (Å²) in [5.74, 6) is 0. The molecule has 0 fully saturated rings. The Morgan fingerprint density at radius 3 is 1.91 bits per heavy atom. The Hall–Kier alpha value is -1.70. The number of sulfone groups is 1. The van der Waals surface area contributed by atoms with Gasteiger partial charge in [-0.3, -0.25) is 0 Å². The topological polar surface area (TPSA) is 71.5 Å². The van der Waals surface area contributed by atoms with Crippen LogP contribution in [0, 0.1) is 6.92 Å². The Kier molecular flexibility index (Phi) is 4.93. The molecule has 2 aromatic carbocycles. The standard InChI is InChI=1S/C16H19NO4S2/c1-13-6-4-5-7-14(13)12-17(2)23(20,21)16-10-8-15(9-11-16)22(3,18)19/h4-11H,12H2,1-3H3. The van der Waals surface area contributed by atoms with Crippen LogP contribution in [-0.4, -0.2) is 34.4 Å². The lowest BCUT2D eigenvalue weighted by atomic mass is 10.1. The van der Waals surface area contributed by atoms with Crippen molar-refractivity contribution in [3.05, 3.63) is 59.7 Å². The molecule has 5 nitrogen and oxygen atoms in total. The SMILES string of the molecule is Cc1ccccc1CN(C)S(=O)(=O)c1ccc(S(C)(=O)=O)cc1. The Bertz CT molecular complexity index is 901. The van der Waals surface area contributed by atoms with Crippen LogP contribution in [0.25, 0.3) is 0 Å². The third kappa shape index (κ3) is 3.99. The summed E-state index contributed by atoms with van der Waals surface area (Å²) in [6.07, 6.45) is 1.08. The van der Waals surface area contributed by atoms with E-state index in [1.165, 1.54) is 35.6 Å². The molecule has 0 atom stereocenters. The molecule has 0 saturated heterocycles. The first-order chi connectivity index (χ1) is 10.6. The van der Waals surface area contributed by atoms with Gasteiger partial charge in [-0.15, -0.1) is 0 Å². The van der Waals surface area contributed by atoms with Crippen LogP contribution < -0.4 is 0 Å². The summed E-state index contributed by atoms with van der Waals surface area (Å²) < 4.78 is 49.3. The van der Waals surface area contributed by atoms with Gasteiger partial charge in [0.25, 0.3) is 0 Å². The molecule has 23 heavy (non-hydrogen) atoms.